The molecule has 0 radical (unpaired) electrons. The van der Waals surface area contributed by atoms with Gasteiger partial charge in [0, 0.05) is 61.4 Å². The summed E-state index contributed by atoms with van der Waals surface area (Å²) >= 11 is 24.4. The maximum Gasteiger partial charge on any atom is 0.253 e. The van der Waals surface area contributed by atoms with E-state index in [0.717, 1.165) is 90.8 Å². The number of nitrogens with one attached hydrogen (secondary N) is 2. The van der Waals surface area contributed by atoms with Crippen LogP contribution in [0.3, 0.4) is 0 Å². The molecule has 2 aliphatic rings. The number of nitriles is 1. The topological polar surface area (TPSA) is 123 Å². The number of carbonyl (C=O) groups is 2. The van der Waals surface area contributed by atoms with Crippen molar-refractivity contribution >= 4 is 91.4 Å². The van der Waals surface area contributed by atoms with E-state index in [4.69, 9.17) is 56.4 Å². The molecule has 2 aromatic heterocycles. The molecular formula is C44H39Cl4N7O3. The number of aromatic nitrogens is 2. The molecule has 6 aromatic rings. The lowest BCUT2D eigenvalue weighted by atomic mass is 10.0. The minimum Gasteiger partial charge on any atom is -0.497 e. The number of halogens is 4. The number of anilines is 2. The smallest absolute Gasteiger partial charge is 0.253 e. The van der Waals surface area contributed by atoms with Crippen molar-refractivity contribution in [3.63, 3.8) is 0 Å². The third-order valence-electron chi connectivity index (χ3n) is 10.5. The van der Waals surface area contributed by atoms with Gasteiger partial charge in [0.15, 0.2) is 0 Å². The highest BCUT2D eigenvalue weighted by Crippen LogP contribution is 2.32. The van der Waals surface area contributed by atoms with Crippen molar-refractivity contribution in [1.29, 1.82) is 5.26 Å². The van der Waals surface area contributed by atoms with E-state index in [0.29, 0.717) is 31.8 Å². The number of fused-ring (bicyclic) bond motifs is 2. The third-order valence-corrected chi connectivity index (χ3v) is 12.1. The molecule has 8 rings (SSSR count). The Balaban J connectivity index is 0.000000177. The van der Waals surface area contributed by atoms with E-state index in [1.807, 2.05) is 54.7 Å². The Morgan fingerprint density at radius 3 is 1.60 bits per heavy atom. The normalized spacial score (nSPS) is 14.7. The van der Waals surface area contributed by atoms with Crippen LogP contribution in [-0.4, -0.2) is 67.2 Å². The van der Waals surface area contributed by atoms with Crippen molar-refractivity contribution < 1.29 is 14.3 Å². The molecular weight excluding hydrogens is 816 g/mol. The number of pyridine rings is 2. The number of carbonyl (C=O) groups excluding carboxylic acids is 2. The predicted molar refractivity (Wildman–Crippen MR) is 233 cm³/mol. The second-order valence-electron chi connectivity index (χ2n) is 14.1. The van der Waals surface area contributed by atoms with Crippen LogP contribution in [-0.2, 0) is 0 Å². The first-order valence-electron chi connectivity index (χ1n) is 18.8. The highest BCUT2D eigenvalue weighted by atomic mass is 35.5. The fourth-order valence-corrected chi connectivity index (χ4v) is 8.13. The number of hydrogen-bond acceptors (Lipinski definition) is 8. The molecule has 4 aromatic carbocycles. The van der Waals surface area contributed by atoms with Gasteiger partial charge in [-0.1, -0.05) is 58.5 Å². The van der Waals surface area contributed by atoms with Crippen LogP contribution in [0.2, 0.25) is 20.1 Å². The summed E-state index contributed by atoms with van der Waals surface area (Å²) in [4.78, 5) is 38.8. The van der Waals surface area contributed by atoms with Gasteiger partial charge in [0.25, 0.3) is 11.8 Å². The van der Waals surface area contributed by atoms with Gasteiger partial charge in [0.2, 0.25) is 0 Å². The molecule has 0 saturated carbocycles. The fraction of sp³-hybridized carbons (Fsp3) is 0.250. The number of rotatable bonds is 7. The molecule has 0 bridgehead atoms. The quantitative estimate of drug-likeness (QED) is 0.163. The Bertz CT molecular complexity index is 2510. The minimum absolute atomic E-state index is 0.0639. The molecule has 296 valence electrons. The summed E-state index contributed by atoms with van der Waals surface area (Å²) in [6.45, 7) is 3.18. The van der Waals surface area contributed by atoms with Crippen LogP contribution in [0.5, 0.6) is 5.75 Å². The maximum atomic E-state index is 12.6. The van der Waals surface area contributed by atoms with E-state index in [2.05, 4.69) is 36.5 Å². The molecule has 4 heterocycles. The number of ether oxygens (including phenoxy) is 1. The average Bonchev–Trinajstić information content (AvgIpc) is 3.25. The number of nitrogens with zero attached hydrogens (tertiary/aromatic N) is 5. The second-order valence-corrected chi connectivity index (χ2v) is 15.6. The van der Waals surface area contributed by atoms with Crippen LogP contribution < -0.4 is 25.2 Å². The Morgan fingerprint density at radius 2 is 1.14 bits per heavy atom. The summed E-state index contributed by atoms with van der Waals surface area (Å²) in [5, 5.41) is 20.8. The number of piperidine rings is 2. The second kappa shape index (κ2) is 18.5. The number of methoxy groups -OCH3 is 1. The third kappa shape index (κ3) is 9.19. The van der Waals surface area contributed by atoms with Crippen molar-refractivity contribution in [2.45, 2.75) is 37.8 Å². The lowest BCUT2D eigenvalue weighted by molar-refractivity contribution is 0.0922. The van der Waals surface area contributed by atoms with Crippen molar-refractivity contribution in [2.75, 3.05) is 43.1 Å². The van der Waals surface area contributed by atoms with Gasteiger partial charge in [-0.25, -0.2) is 9.97 Å². The van der Waals surface area contributed by atoms with Gasteiger partial charge in [-0.3, -0.25) is 9.59 Å². The monoisotopic (exact) mass is 853 g/mol. The fourth-order valence-electron chi connectivity index (χ4n) is 7.36. The molecule has 2 N–H and O–H groups in total. The standard InChI is InChI=1S/C22H18Cl2N4O.C22H21Cl2N3O2/c23-19-3-1-2-18(20(19)24)22(29)27-16-7-10-28(11-8-16)21-17-5-4-14(13-25)12-15(17)6-9-26-21;1-29-16-5-6-17-14(13-16)7-10-25-21(17)27-11-8-15(9-12-27)26-22(28)18-3-2-4-19(23)20(18)24/h1-6,9,12,16H,7-8,10-11H2,(H,27,29);2-7,10,13,15H,8-9,11-12H2,1H3,(H,26,28). The summed E-state index contributed by atoms with van der Waals surface area (Å²) in [7, 11) is 1.67. The molecule has 58 heavy (non-hydrogen) atoms. The summed E-state index contributed by atoms with van der Waals surface area (Å²) in [6.07, 6.45) is 6.87. The van der Waals surface area contributed by atoms with E-state index in [9.17, 15) is 9.59 Å². The Hall–Kier alpha value is -5.31. The Kier molecular flexibility index (Phi) is 13.0. The zero-order valence-corrected chi connectivity index (χ0v) is 34.5. The van der Waals surface area contributed by atoms with Gasteiger partial charge >= 0.3 is 0 Å². The highest BCUT2D eigenvalue weighted by molar-refractivity contribution is 6.44. The van der Waals surface area contributed by atoms with Crippen LogP contribution in [0, 0.1) is 11.3 Å². The Morgan fingerprint density at radius 1 is 0.672 bits per heavy atom. The van der Waals surface area contributed by atoms with E-state index in [1.165, 1.54) is 0 Å². The van der Waals surface area contributed by atoms with Gasteiger partial charge in [0.05, 0.1) is 50.0 Å². The minimum atomic E-state index is -0.205. The van der Waals surface area contributed by atoms with Crippen LogP contribution in [0.4, 0.5) is 11.6 Å². The van der Waals surface area contributed by atoms with Gasteiger partial charge < -0.3 is 25.2 Å². The van der Waals surface area contributed by atoms with Crippen LogP contribution in [0.25, 0.3) is 21.5 Å². The van der Waals surface area contributed by atoms with Crippen LogP contribution in [0.15, 0.2) is 97.3 Å². The summed E-state index contributed by atoms with van der Waals surface area (Å²) in [5.74, 6) is 2.31. The number of benzene rings is 4. The van der Waals surface area contributed by atoms with E-state index < -0.39 is 0 Å². The molecule has 2 amide bonds. The first-order chi connectivity index (χ1) is 28.1. The predicted octanol–water partition coefficient (Wildman–Crippen LogP) is 9.76. The van der Waals surface area contributed by atoms with Crippen molar-refractivity contribution in [1.82, 2.24) is 20.6 Å². The summed E-state index contributed by atoms with van der Waals surface area (Å²) < 4.78 is 5.32. The van der Waals surface area contributed by atoms with Crippen molar-refractivity contribution in [3.05, 3.63) is 134 Å². The molecule has 0 spiro atoms. The van der Waals surface area contributed by atoms with Gasteiger partial charge in [-0.05, 0) is 109 Å². The van der Waals surface area contributed by atoms with Crippen molar-refractivity contribution in [2.24, 2.45) is 0 Å². The molecule has 2 fully saturated rings. The first-order valence-corrected chi connectivity index (χ1v) is 20.4. The number of amides is 2. The number of hydrogen-bond donors (Lipinski definition) is 2. The van der Waals surface area contributed by atoms with Crippen LogP contribution in [0.1, 0.15) is 52.0 Å². The first kappa shape index (κ1) is 40.9. The van der Waals surface area contributed by atoms with E-state index in [-0.39, 0.29) is 28.9 Å². The molecule has 0 unspecified atom stereocenters. The SMILES string of the molecule is COc1ccc2c(N3CCC(NC(=O)c4cccc(Cl)c4Cl)CC3)nccc2c1.N#Cc1ccc2c(N3CCC(NC(=O)c4cccc(Cl)c4Cl)CC3)nccc2c1. The zero-order chi connectivity index (χ0) is 40.8. The molecule has 14 heteroatoms. The molecule has 2 saturated heterocycles. The Labute approximate surface area is 356 Å². The van der Waals surface area contributed by atoms with Gasteiger partial charge in [0.1, 0.15) is 17.4 Å². The molecule has 10 nitrogen and oxygen atoms in total. The largest absolute Gasteiger partial charge is 0.497 e. The lowest BCUT2D eigenvalue weighted by Gasteiger charge is -2.33. The lowest BCUT2D eigenvalue weighted by Crippen LogP contribution is -2.45. The van der Waals surface area contributed by atoms with Gasteiger partial charge in [-0.2, -0.15) is 5.26 Å². The van der Waals surface area contributed by atoms with Crippen LogP contribution >= 0.6 is 46.4 Å². The van der Waals surface area contributed by atoms with E-state index in [1.54, 1.807) is 49.7 Å². The molecule has 2 aliphatic heterocycles. The summed E-state index contributed by atoms with van der Waals surface area (Å²) in [6, 6.07) is 28.0. The van der Waals surface area contributed by atoms with Gasteiger partial charge in [-0.15, -0.1) is 0 Å². The van der Waals surface area contributed by atoms with Crippen molar-refractivity contribution in [3.8, 4) is 11.8 Å². The molecule has 0 atom stereocenters. The van der Waals surface area contributed by atoms with E-state index >= 15 is 0 Å². The highest BCUT2D eigenvalue weighted by Gasteiger charge is 2.26. The average molecular weight is 856 g/mol. The summed E-state index contributed by atoms with van der Waals surface area (Å²) in [5.41, 5.74) is 1.44. The zero-order valence-electron chi connectivity index (χ0n) is 31.5. The molecule has 0 aliphatic carbocycles. The maximum absolute atomic E-state index is 12.6.